The third-order valence-electron chi connectivity index (χ3n) is 5.23. The summed E-state index contributed by atoms with van der Waals surface area (Å²) >= 11 is 1.44. The highest BCUT2D eigenvalue weighted by Crippen LogP contribution is 2.33. The second kappa shape index (κ2) is 9.39. The van der Waals surface area contributed by atoms with Crippen LogP contribution in [0.25, 0.3) is 0 Å². The number of carbonyl (C=O) groups is 1. The van der Waals surface area contributed by atoms with Crippen LogP contribution in [0.3, 0.4) is 0 Å². The molecule has 0 aliphatic heterocycles. The molecule has 0 bridgehead atoms. The maximum Gasteiger partial charge on any atom is 0.273 e. The topological polar surface area (TPSA) is 60.9 Å². The summed E-state index contributed by atoms with van der Waals surface area (Å²) in [5, 5.41) is 2.59. The van der Waals surface area contributed by atoms with E-state index in [1.807, 2.05) is 59.7 Å². The highest BCUT2D eigenvalue weighted by atomic mass is 32.1. The molecule has 1 aliphatic rings. The third-order valence-corrected chi connectivity index (χ3v) is 6.05. The molecule has 3 aromatic rings. The molecule has 1 aromatic heterocycles. The number of aryl methyl sites for hydroxylation is 1. The Bertz CT molecular complexity index is 1040. The molecule has 1 amide bonds. The first-order valence-electron chi connectivity index (χ1n) is 10.2. The van der Waals surface area contributed by atoms with Crippen LogP contribution in [-0.2, 0) is 13.2 Å². The van der Waals surface area contributed by atoms with Gasteiger partial charge in [-0.05, 0) is 50.1 Å². The van der Waals surface area contributed by atoms with Gasteiger partial charge in [0.05, 0.1) is 20.8 Å². The average molecular weight is 439 g/mol. The van der Waals surface area contributed by atoms with Gasteiger partial charge in [-0.25, -0.2) is 4.98 Å². The summed E-state index contributed by atoms with van der Waals surface area (Å²) in [6, 6.07) is 13.8. The van der Waals surface area contributed by atoms with E-state index in [9.17, 15) is 4.79 Å². The van der Waals surface area contributed by atoms with Gasteiger partial charge in [-0.3, -0.25) is 4.79 Å². The molecular weight excluding hydrogens is 412 g/mol. The molecule has 0 atom stereocenters. The van der Waals surface area contributed by atoms with E-state index >= 15 is 0 Å². The van der Waals surface area contributed by atoms with Crippen LogP contribution in [0.2, 0.25) is 0 Å². The maximum absolute atomic E-state index is 13.3. The number of aromatic nitrogens is 1. The number of hydrogen-bond donors (Lipinski definition) is 0. The molecule has 0 unspecified atom stereocenters. The van der Waals surface area contributed by atoms with Crippen molar-refractivity contribution in [3.05, 3.63) is 69.7 Å². The number of rotatable bonds is 9. The van der Waals surface area contributed by atoms with Crippen molar-refractivity contribution in [1.82, 2.24) is 9.88 Å². The fraction of sp³-hybridized carbons (Fsp3) is 0.333. The zero-order valence-electron chi connectivity index (χ0n) is 18.0. The molecule has 1 saturated carbocycles. The summed E-state index contributed by atoms with van der Waals surface area (Å²) in [5.74, 6) is 2.21. The second-order valence-corrected chi connectivity index (χ2v) is 8.51. The number of amides is 1. The van der Waals surface area contributed by atoms with Gasteiger partial charge in [0.25, 0.3) is 5.91 Å². The number of hydrogen-bond acceptors (Lipinski definition) is 6. The molecule has 0 spiro atoms. The van der Waals surface area contributed by atoms with Gasteiger partial charge < -0.3 is 19.1 Å². The minimum Gasteiger partial charge on any atom is -0.497 e. The Kier molecular flexibility index (Phi) is 6.42. The van der Waals surface area contributed by atoms with Gasteiger partial charge in [-0.2, -0.15) is 0 Å². The van der Waals surface area contributed by atoms with E-state index in [1.165, 1.54) is 16.9 Å². The van der Waals surface area contributed by atoms with Crippen molar-refractivity contribution in [3.63, 3.8) is 0 Å². The summed E-state index contributed by atoms with van der Waals surface area (Å²) in [6.45, 7) is 2.83. The predicted octanol–water partition coefficient (Wildman–Crippen LogP) is 4.85. The number of thiazole rings is 1. The van der Waals surface area contributed by atoms with Crippen molar-refractivity contribution in [2.75, 3.05) is 14.2 Å². The molecule has 1 heterocycles. The Balaban J connectivity index is 1.46. The van der Waals surface area contributed by atoms with E-state index in [4.69, 9.17) is 14.2 Å². The van der Waals surface area contributed by atoms with Crippen LogP contribution in [-0.4, -0.2) is 36.1 Å². The van der Waals surface area contributed by atoms with Crippen LogP contribution in [0.4, 0.5) is 0 Å². The zero-order valence-corrected chi connectivity index (χ0v) is 18.8. The summed E-state index contributed by atoms with van der Waals surface area (Å²) in [5.41, 5.74) is 2.56. The molecule has 7 heteroatoms. The van der Waals surface area contributed by atoms with Gasteiger partial charge in [0.15, 0.2) is 0 Å². The van der Waals surface area contributed by atoms with E-state index in [0.717, 1.165) is 40.7 Å². The maximum atomic E-state index is 13.3. The van der Waals surface area contributed by atoms with E-state index in [-0.39, 0.29) is 11.9 Å². The van der Waals surface area contributed by atoms with Crippen LogP contribution in [0.1, 0.15) is 39.5 Å². The lowest BCUT2D eigenvalue weighted by Crippen LogP contribution is -2.33. The SMILES string of the molecule is COc1ccc(OC)c(CN(C(=O)c2csc(COc3ccc(C)cc3)n2)C2CC2)c1. The number of nitrogens with zero attached hydrogens (tertiary/aromatic N) is 2. The van der Waals surface area contributed by atoms with Crippen LogP contribution in [0.15, 0.2) is 47.8 Å². The van der Waals surface area contributed by atoms with Gasteiger partial charge in [0, 0.05) is 17.0 Å². The standard InChI is InChI=1S/C24H26N2O4S/c1-16-4-8-19(9-5-16)30-14-23-25-21(15-31-23)24(27)26(18-6-7-18)13-17-12-20(28-2)10-11-22(17)29-3/h4-5,8-12,15,18H,6-7,13-14H2,1-3H3. The highest BCUT2D eigenvalue weighted by molar-refractivity contribution is 7.09. The fourth-order valence-electron chi connectivity index (χ4n) is 3.34. The normalized spacial score (nSPS) is 13.0. The molecule has 31 heavy (non-hydrogen) atoms. The van der Waals surface area contributed by atoms with E-state index in [1.54, 1.807) is 14.2 Å². The Morgan fingerprint density at radius 2 is 1.84 bits per heavy atom. The first-order chi connectivity index (χ1) is 15.1. The van der Waals surface area contributed by atoms with E-state index in [2.05, 4.69) is 4.98 Å². The lowest BCUT2D eigenvalue weighted by molar-refractivity contribution is 0.0723. The van der Waals surface area contributed by atoms with Crippen LogP contribution < -0.4 is 14.2 Å². The average Bonchev–Trinajstić information content (AvgIpc) is 3.53. The number of ether oxygens (including phenoxy) is 3. The van der Waals surface area contributed by atoms with Gasteiger partial charge in [0.2, 0.25) is 0 Å². The van der Waals surface area contributed by atoms with Crippen LogP contribution in [0, 0.1) is 6.92 Å². The Hall–Kier alpha value is -3.06. The molecule has 4 rings (SSSR count). The van der Waals surface area contributed by atoms with Gasteiger partial charge in [0.1, 0.15) is 34.6 Å². The van der Waals surface area contributed by atoms with Crippen molar-refractivity contribution >= 4 is 17.2 Å². The molecule has 0 saturated heterocycles. The summed E-state index contributed by atoms with van der Waals surface area (Å²) in [4.78, 5) is 19.7. The Morgan fingerprint density at radius 1 is 1.10 bits per heavy atom. The predicted molar refractivity (Wildman–Crippen MR) is 120 cm³/mol. The molecular formula is C24H26N2O4S. The first-order valence-corrected chi connectivity index (χ1v) is 11.1. The number of methoxy groups -OCH3 is 2. The van der Waals surface area contributed by atoms with Crippen molar-refractivity contribution in [3.8, 4) is 17.2 Å². The molecule has 1 fully saturated rings. The highest BCUT2D eigenvalue weighted by Gasteiger charge is 2.34. The minimum absolute atomic E-state index is 0.0646. The molecule has 0 N–H and O–H groups in total. The molecule has 2 aromatic carbocycles. The number of carbonyl (C=O) groups excluding carboxylic acids is 1. The van der Waals surface area contributed by atoms with Crippen molar-refractivity contribution in [2.24, 2.45) is 0 Å². The molecule has 1 aliphatic carbocycles. The molecule has 162 valence electrons. The third kappa shape index (κ3) is 5.17. The second-order valence-electron chi connectivity index (χ2n) is 7.57. The fourth-order valence-corrected chi connectivity index (χ4v) is 4.02. The van der Waals surface area contributed by atoms with Crippen molar-refractivity contribution in [1.29, 1.82) is 0 Å². The van der Waals surface area contributed by atoms with Crippen molar-refractivity contribution < 1.29 is 19.0 Å². The van der Waals surface area contributed by atoms with Gasteiger partial charge >= 0.3 is 0 Å². The quantitative estimate of drug-likeness (QED) is 0.478. The minimum atomic E-state index is -0.0646. The largest absolute Gasteiger partial charge is 0.497 e. The van der Waals surface area contributed by atoms with E-state index < -0.39 is 0 Å². The smallest absolute Gasteiger partial charge is 0.273 e. The van der Waals surface area contributed by atoms with Crippen LogP contribution >= 0.6 is 11.3 Å². The first kappa shape index (κ1) is 21.2. The van der Waals surface area contributed by atoms with Gasteiger partial charge in [-0.15, -0.1) is 11.3 Å². The van der Waals surface area contributed by atoms with E-state index in [0.29, 0.717) is 18.8 Å². The lowest BCUT2D eigenvalue weighted by atomic mass is 10.1. The Morgan fingerprint density at radius 3 is 2.52 bits per heavy atom. The lowest BCUT2D eigenvalue weighted by Gasteiger charge is -2.23. The van der Waals surface area contributed by atoms with Crippen LogP contribution in [0.5, 0.6) is 17.2 Å². The zero-order chi connectivity index (χ0) is 21.8. The number of benzene rings is 2. The summed E-state index contributed by atoms with van der Waals surface area (Å²) in [7, 11) is 3.26. The summed E-state index contributed by atoms with van der Waals surface area (Å²) in [6.07, 6.45) is 2.01. The van der Waals surface area contributed by atoms with Gasteiger partial charge in [-0.1, -0.05) is 17.7 Å². The van der Waals surface area contributed by atoms with Crippen molar-refractivity contribution in [2.45, 2.75) is 39.0 Å². The summed E-state index contributed by atoms with van der Waals surface area (Å²) < 4.78 is 16.6. The Labute approximate surface area is 186 Å². The molecule has 0 radical (unpaired) electrons. The molecule has 6 nitrogen and oxygen atoms in total. The monoisotopic (exact) mass is 438 g/mol.